The number of nitrogens with one attached hydrogen (secondary N) is 1. The number of hydrogen-bond acceptors (Lipinski definition) is 7. The molecule has 1 aliphatic heterocycles. The third-order valence-corrected chi connectivity index (χ3v) is 9.62. The lowest BCUT2D eigenvalue weighted by Gasteiger charge is -2.40. The minimum atomic E-state index is -9.88. The molecule has 2 unspecified atom stereocenters. The number of fused-ring (bicyclic) bond motifs is 2. The first-order chi connectivity index (χ1) is 21.7. The van der Waals surface area contributed by atoms with Crippen LogP contribution in [-0.2, 0) is 22.5 Å². The minimum Gasteiger partial charge on any atom is -0.444 e. The second-order valence-electron chi connectivity index (χ2n) is 13.2. The molecule has 3 aromatic rings. The van der Waals surface area contributed by atoms with Crippen LogP contribution in [0, 0.1) is 11.8 Å². The standard InChI is InChI=1S/C30H36F5N7O4S/c1-5-23-25(39-10-12-40(13-11-39)29(45)46-30(2,3)4)27(44)42-28(37-26(38-42)20-15-18-14-19(18)16-20)41(23)17-24(43)36-21-6-8-22(9-7-21)47(31,32,33,34)35/h6-9,15,18-19H,5,10-14,16-17H2,1-4H3,(H,36,43). The number of halogens is 5. The summed E-state index contributed by atoms with van der Waals surface area (Å²) in [6, 6.07) is 1.98. The van der Waals surface area contributed by atoms with E-state index < -0.39 is 44.8 Å². The van der Waals surface area contributed by atoms with E-state index in [1.807, 2.05) is 11.8 Å². The number of allylic oxidation sites excluding steroid dienone is 2. The summed E-state index contributed by atoms with van der Waals surface area (Å²) in [6.45, 7) is 7.89. The molecule has 1 saturated heterocycles. The van der Waals surface area contributed by atoms with E-state index in [1.54, 1.807) is 30.2 Å². The second kappa shape index (κ2) is 10.4. The van der Waals surface area contributed by atoms with Gasteiger partial charge in [0, 0.05) is 31.9 Å². The Balaban J connectivity index is 1.33. The van der Waals surface area contributed by atoms with E-state index in [0.29, 0.717) is 42.9 Å². The average Bonchev–Trinajstić information content (AvgIpc) is 3.34. The van der Waals surface area contributed by atoms with E-state index >= 15 is 0 Å². The van der Waals surface area contributed by atoms with E-state index in [-0.39, 0.29) is 42.4 Å². The first-order valence-electron chi connectivity index (χ1n) is 15.3. The summed E-state index contributed by atoms with van der Waals surface area (Å²) in [4.78, 5) is 46.0. The fourth-order valence-electron chi connectivity index (χ4n) is 6.13. The average molecular weight is 686 g/mol. The lowest BCUT2D eigenvalue weighted by atomic mass is 10.2. The molecule has 47 heavy (non-hydrogen) atoms. The highest BCUT2D eigenvalue weighted by atomic mass is 32.5. The molecule has 3 aliphatic rings. The molecule has 6 rings (SSSR count). The van der Waals surface area contributed by atoms with Gasteiger partial charge in [0.15, 0.2) is 5.82 Å². The Morgan fingerprint density at radius 2 is 1.70 bits per heavy atom. The van der Waals surface area contributed by atoms with E-state index in [1.165, 1.54) is 0 Å². The highest BCUT2D eigenvalue weighted by molar-refractivity contribution is 8.45. The zero-order valence-electron chi connectivity index (χ0n) is 26.3. The number of piperazine rings is 1. The summed E-state index contributed by atoms with van der Waals surface area (Å²) in [5, 5.41) is 7.00. The van der Waals surface area contributed by atoms with Gasteiger partial charge >= 0.3 is 16.3 Å². The van der Waals surface area contributed by atoms with Crippen molar-refractivity contribution in [1.29, 1.82) is 0 Å². The minimum absolute atomic E-state index is 0.117. The number of hydrogen-bond donors (Lipinski definition) is 1. The Hall–Kier alpha value is -4.15. The molecule has 2 fully saturated rings. The van der Waals surface area contributed by atoms with Gasteiger partial charge in [-0.1, -0.05) is 32.4 Å². The third kappa shape index (κ3) is 6.80. The largest absolute Gasteiger partial charge is 0.444 e. The van der Waals surface area contributed by atoms with Gasteiger partial charge in [-0.25, -0.2) is 4.79 Å². The van der Waals surface area contributed by atoms with Crippen LogP contribution in [0.1, 0.15) is 52.1 Å². The predicted molar refractivity (Wildman–Crippen MR) is 167 cm³/mol. The molecule has 2 atom stereocenters. The van der Waals surface area contributed by atoms with Gasteiger partial charge in [0.05, 0.1) is 5.69 Å². The van der Waals surface area contributed by atoms with Crippen LogP contribution < -0.4 is 15.8 Å². The summed E-state index contributed by atoms with van der Waals surface area (Å²) >= 11 is 0. The molecule has 0 radical (unpaired) electrons. The smallest absolute Gasteiger partial charge is 0.410 e. The fraction of sp³-hybridized carbons (Fsp3) is 0.500. The number of amides is 2. The maximum Gasteiger partial charge on any atom is 0.410 e. The lowest BCUT2D eigenvalue weighted by Crippen LogP contribution is -2.51. The molecular weight excluding hydrogens is 649 g/mol. The molecule has 3 heterocycles. The van der Waals surface area contributed by atoms with Crippen molar-refractivity contribution in [3.8, 4) is 0 Å². The molecule has 1 saturated carbocycles. The molecule has 2 aliphatic carbocycles. The third-order valence-electron chi connectivity index (χ3n) is 8.46. The zero-order chi connectivity index (χ0) is 34.2. The summed E-state index contributed by atoms with van der Waals surface area (Å²) in [5.41, 5.74) is 0.453. The Morgan fingerprint density at radius 1 is 1.04 bits per heavy atom. The maximum absolute atomic E-state index is 14.0. The number of aromatic nitrogens is 4. The van der Waals surface area contributed by atoms with Gasteiger partial charge < -0.3 is 24.4 Å². The fourth-order valence-corrected chi connectivity index (χ4v) is 6.78. The van der Waals surface area contributed by atoms with Crippen molar-refractivity contribution in [2.24, 2.45) is 11.8 Å². The van der Waals surface area contributed by atoms with E-state index in [2.05, 4.69) is 21.5 Å². The van der Waals surface area contributed by atoms with Gasteiger partial charge in [-0.3, -0.25) is 9.59 Å². The van der Waals surface area contributed by atoms with Crippen LogP contribution >= 0.6 is 10.2 Å². The quantitative estimate of drug-likeness (QED) is 0.294. The van der Waals surface area contributed by atoms with Gasteiger partial charge in [-0.2, -0.15) is 9.50 Å². The zero-order valence-corrected chi connectivity index (χ0v) is 27.1. The summed E-state index contributed by atoms with van der Waals surface area (Å²) < 4.78 is 74.1. The van der Waals surface area contributed by atoms with Crippen molar-refractivity contribution < 1.29 is 33.8 Å². The molecule has 256 valence electrons. The molecule has 17 heteroatoms. The van der Waals surface area contributed by atoms with Crippen molar-refractivity contribution in [2.45, 2.75) is 64.0 Å². The Labute approximate surface area is 267 Å². The van der Waals surface area contributed by atoms with Crippen LogP contribution in [0.5, 0.6) is 0 Å². The molecule has 0 bridgehead atoms. The Kier molecular flexibility index (Phi) is 7.27. The van der Waals surface area contributed by atoms with Crippen molar-refractivity contribution >= 4 is 44.9 Å². The van der Waals surface area contributed by atoms with Crippen molar-refractivity contribution in [3.05, 3.63) is 52.2 Å². The van der Waals surface area contributed by atoms with Crippen molar-refractivity contribution in [1.82, 2.24) is 24.1 Å². The number of ether oxygens (including phenoxy) is 1. The SMILES string of the molecule is CCc1c(N2CCN(C(=O)OC(C)(C)C)CC2)c(=O)n2nc(C3=CC4CC4C3)nc2n1CC(=O)Nc1ccc(S(F)(F)(F)(F)F)cc1. The Bertz CT molecular complexity index is 1860. The number of anilines is 2. The highest BCUT2D eigenvalue weighted by Gasteiger charge is 2.65. The van der Waals surface area contributed by atoms with E-state index in [9.17, 15) is 33.8 Å². The highest BCUT2D eigenvalue weighted by Crippen LogP contribution is 3.02. The van der Waals surface area contributed by atoms with E-state index in [4.69, 9.17) is 4.74 Å². The maximum atomic E-state index is 14.0. The van der Waals surface area contributed by atoms with Gasteiger partial charge in [0.25, 0.3) is 5.56 Å². The predicted octanol–water partition coefficient (Wildman–Crippen LogP) is 6.23. The van der Waals surface area contributed by atoms with Gasteiger partial charge in [-0.05, 0) is 81.7 Å². The summed E-state index contributed by atoms with van der Waals surface area (Å²) in [7, 11) is -9.88. The van der Waals surface area contributed by atoms with Gasteiger partial charge in [-0.15, -0.1) is 5.10 Å². The summed E-state index contributed by atoms with van der Waals surface area (Å²) in [5.74, 6) is 0.816. The van der Waals surface area contributed by atoms with Crippen LogP contribution in [0.4, 0.5) is 35.6 Å². The van der Waals surface area contributed by atoms with E-state index in [0.717, 1.165) is 35.1 Å². The molecule has 2 aromatic heterocycles. The molecule has 1 aromatic carbocycles. The van der Waals surface area contributed by atoms with Crippen LogP contribution in [0.3, 0.4) is 0 Å². The molecule has 11 nitrogen and oxygen atoms in total. The molecule has 2 amide bonds. The monoisotopic (exact) mass is 685 g/mol. The Morgan fingerprint density at radius 3 is 2.26 bits per heavy atom. The van der Waals surface area contributed by atoms with Crippen LogP contribution in [0.2, 0.25) is 0 Å². The van der Waals surface area contributed by atoms with Gasteiger partial charge in [0.1, 0.15) is 22.7 Å². The van der Waals surface area contributed by atoms with Crippen LogP contribution in [0.25, 0.3) is 11.4 Å². The number of benzene rings is 1. The number of carbonyl (C=O) groups excluding carboxylic acids is 2. The van der Waals surface area contributed by atoms with Crippen LogP contribution in [-0.4, -0.2) is 67.8 Å². The first-order valence-corrected chi connectivity index (χ1v) is 17.3. The summed E-state index contributed by atoms with van der Waals surface area (Å²) in [6.07, 6.45) is 3.83. The molecular formula is C30H36F5N7O4S. The van der Waals surface area contributed by atoms with Crippen molar-refractivity contribution in [2.75, 3.05) is 36.4 Å². The second-order valence-corrected chi connectivity index (χ2v) is 15.6. The first kappa shape index (κ1) is 32.8. The number of rotatable bonds is 7. The number of carbonyl (C=O) groups is 2. The van der Waals surface area contributed by atoms with Crippen LogP contribution in [0.15, 0.2) is 40.0 Å². The van der Waals surface area contributed by atoms with Gasteiger partial charge in [0.2, 0.25) is 11.7 Å². The normalized spacial score (nSPS) is 21.2. The molecule has 1 N–H and O–H groups in total. The van der Waals surface area contributed by atoms with Crippen molar-refractivity contribution in [3.63, 3.8) is 0 Å². The molecule has 0 spiro atoms. The topological polar surface area (TPSA) is 114 Å². The lowest BCUT2D eigenvalue weighted by molar-refractivity contribution is -0.116. The number of nitrogens with zero attached hydrogens (tertiary/aromatic N) is 6.